The zero-order chi connectivity index (χ0) is 11.5. The summed E-state index contributed by atoms with van der Waals surface area (Å²) in [4.78, 5) is 6.28. The van der Waals surface area contributed by atoms with Gasteiger partial charge in [0.1, 0.15) is 6.33 Å². The third-order valence-corrected chi connectivity index (χ3v) is 3.38. The van der Waals surface area contributed by atoms with Crippen molar-refractivity contribution in [3.8, 4) is 0 Å². The van der Waals surface area contributed by atoms with Gasteiger partial charge in [0, 0.05) is 24.3 Å². The summed E-state index contributed by atoms with van der Waals surface area (Å²) in [6, 6.07) is 8.15. The van der Waals surface area contributed by atoms with Crippen LogP contribution in [-0.2, 0) is 0 Å². The topological polar surface area (TPSA) is 55.0 Å². The molecule has 0 radical (unpaired) electrons. The van der Waals surface area contributed by atoms with Crippen molar-refractivity contribution >= 4 is 22.4 Å². The monoisotopic (exact) mass is 234 g/mol. The minimum absolute atomic E-state index is 0.233. The molecule has 0 fully saturated rings. The Morgan fingerprint density at radius 2 is 2.25 bits per heavy atom. The summed E-state index contributed by atoms with van der Waals surface area (Å²) in [5.74, 6) is 0. The van der Waals surface area contributed by atoms with Crippen molar-refractivity contribution < 1.29 is 0 Å². The molecule has 2 N–H and O–H groups in total. The lowest BCUT2D eigenvalue weighted by Crippen LogP contribution is -2.21. The molecule has 0 amide bonds. The van der Waals surface area contributed by atoms with Crippen LogP contribution in [0.25, 0.3) is 0 Å². The second-order valence-electron chi connectivity index (χ2n) is 3.68. The first-order valence-corrected chi connectivity index (χ1v) is 5.81. The highest BCUT2D eigenvalue weighted by molar-refractivity contribution is 7.09. The van der Waals surface area contributed by atoms with Crippen LogP contribution in [0, 0.1) is 0 Å². The van der Waals surface area contributed by atoms with E-state index in [4.69, 9.17) is 5.73 Å². The maximum Gasteiger partial charge on any atom is 0.205 e. The Morgan fingerprint density at radius 1 is 1.44 bits per heavy atom. The Balaban J connectivity index is 2.22. The Kier molecular flexibility index (Phi) is 3.05. The van der Waals surface area contributed by atoms with Gasteiger partial charge >= 0.3 is 0 Å². The van der Waals surface area contributed by atoms with Gasteiger partial charge < -0.3 is 10.6 Å². The molecule has 0 spiro atoms. The Morgan fingerprint density at radius 3 is 2.88 bits per heavy atom. The molecule has 1 aromatic heterocycles. The van der Waals surface area contributed by atoms with E-state index >= 15 is 0 Å². The first-order chi connectivity index (χ1) is 7.68. The summed E-state index contributed by atoms with van der Waals surface area (Å²) in [6.07, 6.45) is 1.57. The van der Waals surface area contributed by atoms with Crippen molar-refractivity contribution in [2.24, 2.45) is 0 Å². The van der Waals surface area contributed by atoms with E-state index in [-0.39, 0.29) is 6.04 Å². The molecule has 1 aromatic carbocycles. The predicted octanol–water partition coefficient (Wildman–Crippen LogP) is 2.32. The minimum Gasteiger partial charge on any atom is -0.399 e. The number of rotatable bonds is 3. The number of benzene rings is 1. The molecule has 4 nitrogen and oxygen atoms in total. The third kappa shape index (κ3) is 2.14. The third-order valence-electron chi connectivity index (χ3n) is 2.63. The molecule has 0 aliphatic rings. The molecule has 2 rings (SSSR count). The average Bonchev–Trinajstić information content (AvgIpc) is 2.80. The van der Waals surface area contributed by atoms with Gasteiger partial charge in [-0.2, -0.15) is 4.37 Å². The van der Waals surface area contributed by atoms with Crippen molar-refractivity contribution in [1.82, 2.24) is 9.36 Å². The molecule has 0 aliphatic heterocycles. The van der Waals surface area contributed by atoms with Crippen LogP contribution < -0.4 is 10.6 Å². The second-order valence-corrected chi connectivity index (χ2v) is 4.44. The fourth-order valence-electron chi connectivity index (χ4n) is 1.53. The van der Waals surface area contributed by atoms with E-state index in [0.717, 1.165) is 10.8 Å². The van der Waals surface area contributed by atoms with E-state index in [2.05, 4.69) is 27.2 Å². The molecule has 0 saturated heterocycles. The Bertz CT molecular complexity index is 455. The van der Waals surface area contributed by atoms with Crippen molar-refractivity contribution in [2.45, 2.75) is 13.0 Å². The first-order valence-electron chi connectivity index (χ1n) is 5.03. The summed E-state index contributed by atoms with van der Waals surface area (Å²) >= 11 is 1.39. The SMILES string of the molecule is CC(c1cccc(N)c1)N(C)c1ncns1. The minimum atomic E-state index is 0.233. The maximum atomic E-state index is 5.77. The Labute approximate surface area is 98.9 Å². The number of nitrogens with two attached hydrogens (primary N) is 1. The fourth-order valence-corrected chi connectivity index (χ4v) is 2.10. The van der Waals surface area contributed by atoms with Gasteiger partial charge in [0.05, 0.1) is 6.04 Å². The number of nitrogens with zero attached hydrogens (tertiary/aromatic N) is 3. The van der Waals surface area contributed by atoms with Crippen LogP contribution in [0.15, 0.2) is 30.6 Å². The molecule has 5 heteroatoms. The molecular weight excluding hydrogens is 220 g/mol. The highest BCUT2D eigenvalue weighted by Crippen LogP contribution is 2.26. The lowest BCUT2D eigenvalue weighted by Gasteiger charge is -2.24. The van der Waals surface area contributed by atoms with Crippen LogP contribution in [0.2, 0.25) is 0 Å². The lowest BCUT2D eigenvalue weighted by molar-refractivity contribution is 0.737. The number of aromatic nitrogens is 2. The fraction of sp³-hybridized carbons (Fsp3) is 0.273. The van der Waals surface area contributed by atoms with Crippen LogP contribution in [-0.4, -0.2) is 16.4 Å². The van der Waals surface area contributed by atoms with Gasteiger partial charge in [-0.05, 0) is 24.6 Å². The highest BCUT2D eigenvalue weighted by atomic mass is 32.1. The summed E-state index contributed by atoms with van der Waals surface area (Å²) in [5.41, 5.74) is 7.74. The smallest absolute Gasteiger partial charge is 0.205 e. The van der Waals surface area contributed by atoms with E-state index in [0.29, 0.717) is 0 Å². The van der Waals surface area contributed by atoms with Gasteiger partial charge in [0.2, 0.25) is 5.13 Å². The molecule has 0 aliphatic carbocycles. The predicted molar refractivity (Wildman–Crippen MR) is 67.6 cm³/mol. The van der Waals surface area contributed by atoms with E-state index in [9.17, 15) is 0 Å². The van der Waals surface area contributed by atoms with Crippen LogP contribution in [0.4, 0.5) is 10.8 Å². The van der Waals surface area contributed by atoms with Crippen molar-refractivity contribution in [1.29, 1.82) is 0 Å². The zero-order valence-electron chi connectivity index (χ0n) is 9.29. The number of nitrogen functional groups attached to an aromatic ring is 1. The molecule has 1 heterocycles. The normalized spacial score (nSPS) is 12.4. The van der Waals surface area contributed by atoms with Crippen molar-refractivity contribution in [3.63, 3.8) is 0 Å². The summed E-state index contributed by atoms with van der Waals surface area (Å²) in [7, 11) is 2.01. The van der Waals surface area contributed by atoms with Gasteiger partial charge in [0.25, 0.3) is 0 Å². The molecule has 84 valence electrons. The van der Waals surface area contributed by atoms with E-state index in [1.807, 2.05) is 25.2 Å². The summed E-state index contributed by atoms with van der Waals surface area (Å²) in [5, 5.41) is 0.912. The second kappa shape index (κ2) is 4.49. The van der Waals surface area contributed by atoms with Gasteiger partial charge in [0.15, 0.2) is 0 Å². The van der Waals surface area contributed by atoms with Crippen molar-refractivity contribution in [2.75, 3.05) is 17.7 Å². The number of anilines is 2. The van der Waals surface area contributed by atoms with Gasteiger partial charge in [-0.15, -0.1) is 0 Å². The van der Waals surface area contributed by atoms with E-state index in [1.54, 1.807) is 6.33 Å². The van der Waals surface area contributed by atoms with Crippen molar-refractivity contribution in [3.05, 3.63) is 36.2 Å². The standard InChI is InChI=1S/C11H14N4S/c1-8(9-4-3-5-10(12)6-9)15(2)11-13-7-14-16-11/h3-8H,12H2,1-2H3. The molecule has 0 saturated carbocycles. The maximum absolute atomic E-state index is 5.77. The summed E-state index contributed by atoms with van der Waals surface area (Å²) < 4.78 is 4.00. The lowest BCUT2D eigenvalue weighted by atomic mass is 10.1. The average molecular weight is 234 g/mol. The Hall–Kier alpha value is -1.62. The van der Waals surface area contributed by atoms with Crippen LogP contribution in [0.3, 0.4) is 0 Å². The van der Waals surface area contributed by atoms with E-state index in [1.165, 1.54) is 17.1 Å². The number of hydrogen-bond donors (Lipinski definition) is 1. The molecule has 2 aromatic rings. The molecule has 16 heavy (non-hydrogen) atoms. The molecule has 1 unspecified atom stereocenters. The van der Waals surface area contributed by atoms with Gasteiger partial charge in [-0.3, -0.25) is 0 Å². The van der Waals surface area contributed by atoms with Crippen LogP contribution >= 0.6 is 11.5 Å². The van der Waals surface area contributed by atoms with Crippen LogP contribution in [0.1, 0.15) is 18.5 Å². The van der Waals surface area contributed by atoms with Gasteiger partial charge in [-0.25, -0.2) is 4.98 Å². The van der Waals surface area contributed by atoms with Gasteiger partial charge in [-0.1, -0.05) is 12.1 Å². The molecule has 0 bridgehead atoms. The highest BCUT2D eigenvalue weighted by Gasteiger charge is 2.14. The largest absolute Gasteiger partial charge is 0.399 e. The molecule has 1 atom stereocenters. The summed E-state index contributed by atoms with van der Waals surface area (Å²) in [6.45, 7) is 2.12. The quantitative estimate of drug-likeness (QED) is 0.828. The van der Waals surface area contributed by atoms with E-state index < -0.39 is 0 Å². The molecular formula is C11H14N4S. The van der Waals surface area contributed by atoms with Crippen LogP contribution in [0.5, 0.6) is 0 Å². The first kappa shape index (κ1) is 10.9. The number of hydrogen-bond acceptors (Lipinski definition) is 5. The zero-order valence-corrected chi connectivity index (χ0v) is 10.1.